The Balaban J connectivity index is 2.01. The first-order valence-electron chi connectivity index (χ1n) is 7.57. The lowest BCUT2D eigenvalue weighted by Crippen LogP contribution is -2.48. The van der Waals surface area contributed by atoms with Crippen molar-refractivity contribution in [1.29, 1.82) is 0 Å². The molecule has 3 nitrogen and oxygen atoms in total. The zero-order chi connectivity index (χ0) is 14.4. The van der Waals surface area contributed by atoms with E-state index in [9.17, 15) is 4.79 Å². The van der Waals surface area contributed by atoms with Crippen LogP contribution in [0, 0.1) is 5.92 Å². The highest BCUT2D eigenvalue weighted by molar-refractivity contribution is 6.21. The highest BCUT2D eigenvalue weighted by Crippen LogP contribution is 2.32. The summed E-state index contributed by atoms with van der Waals surface area (Å²) in [5.74, 6) is 0.448. The number of amides is 1. The number of carbonyl (C=O) groups is 1. The Morgan fingerprint density at radius 2 is 2.35 bits per heavy atom. The van der Waals surface area contributed by atoms with E-state index in [2.05, 4.69) is 17.2 Å². The van der Waals surface area contributed by atoms with Crippen molar-refractivity contribution in [2.24, 2.45) is 5.92 Å². The normalized spacial score (nSPS) is 26.2. The van der Waals surface area contributed by atoms with E-state index < -0.39 is 0 Å². The molecular formula is C16H23ClN2O. The molecule has 20 heavy (non-hydrogen) atoms. The lowest BCUT2D eigenvalue weighted by atomic mass is 9.81. The SMILES string of the molecule is CCCCC1CCCC(Cl)C1NC(=O)c1cccnc1. The van der Waals surface area contributed by atoms with Crippen LogP contribution in [0.3, 0.4) is 0 Å². The quantitative estimate of drug-likeness (QED) is 0.840. The van der Waals surface area contributed by atoms with Crippen LogP contribution in [-0.4, -0.2) is 22.3 Å². The molecule has 1 aromatic rings. The third-order valence-corrected chi connectivity index (χ3v) is 4.59. The van der Waals surface area contributed by atoms with Crippen molar-refractivity contribution >= 4 is 17.5 Å². The molecule has 3 unspecified atom stereocenters. The van der Waals surface area contributed by atoms with E-state index in [-0.39, 0.29) is 17.3 Å². The molecule has 2 rings (SSSR count). The molecule has 1 amide bonds. The molecule has 0 saturated heterocycles. The van der Waals surface area contributed by atoms with Crippen LogP contribution in [0.2, 0.25) is 0 Å². The van der Waals surface area contributed by atoms with Crippen molar-refractivity contribution in [1.82, 2.24) is 10.3 Å². The van der Waals surface area contributed by atoms with Crippen LogP contribution in [-0.2, 0) is 0 Å². The van der Waals surface area contributed by atoms with Crippen LogP contribution in [0.15, 0.2) is 24.5 Å². The maximum Gasteiger partial charge on any atom is 0.253 e. The predicted molar refractivity (Wildman–Crippen MR) is 82.0 cm³/mol. The van der Waals surface area contributed by atoms with Crippen molar-refractivity contribution in [3.63, 3.8) is 0 Å². The average molecular weight is 295 g/mol. The Hall–Kier alpha value is -1.09. The van der Waals surface area contributed by atoms with E-state index in [4.69, 9.17) is 11.6 Å². The molecule has 0 aromatic carbocycles. The predicted octanol–water partition coefficient (Wildman–Crippen LogP) is 3.78. The molecule has 0 bridgehead atoms. The highest BCUT2D eigenvalue weighted by atomic mass is 35.5. The molecule has 1 saturated carbocycles. The summed E-state index contributed by atoms with van der Waals surface area (Å²) in [5, 5.41) is 3.18. The minimum absolute atomic E-state index is 0.0474. The number of alkyl halides is 1. The minimum atomic E-state index is -0.0582. The van der Waals surface area contributed by atoms with E-state index in [1.54, 1.807) is 24.5 Å². The van der Waals surface area contributed by atoms with Gasteiger partial charge in [0.1, 0.15) is 0 Å². The number of pyridine rings is 1. The monoisotopic (exact) mass is 294 g/mol. The van der Waals surface area contributed by atoms with Gasteiger partial charge in [0.25, 0.3) is 5.91 Å². The van der Waals surface area contributed by atoms with E-state index in [0.29, 0.717) is 11.5 Å². The molecule has 1 N–H and O–H groups in total. The smallest absolute Gasteiger partial charge is 0.253 e. The Labute approximate surface area is 126 Å². The fraction of sp³-hybridized carbons (Fsp3) is 0.625. The number of hydrogen-bond acceptors (Lipinski definition) is 2. The fourth-order valence-electron chi connectivity index (χ4n) is 2.96. The summed E-state index contributed by atoms with van der Waals surface area (Å²) in [6.45, 7) is 2.20. The van der Waals surface area contributed by atoms with E-state index in [1.165, 1.54) is 25.7 Å². The van der Waals surface area contributed by atoms with Gasteiger partial charge >= 0.3 is 0 Å². The molecule has 0 radical (unpaired) electrons. The van der Waals surface area contributed by atoms with Gasteiger partial charge in [-0.15, -0.1) is 11.6 Å². The summed E-state index contributed by atoms with van der Waals surface area (Å²) in [4.78, 5) is 16.3. The second-order valence-corrected chi connectivity index (χ2v) is 6.15. The van der Waals surface area contributed by atoms with Crippen LogP contribution in [0.5, 0.6) is 0 Å². The Kier molecular flexibility index (Phi) is 5.84. The summed E-state index contributed by atoms with van der Waals surface area (Å²) in [6, 6.07) is 3.66. The molecule has 4 heteroatoms. The summed E-state index contributed by atoms with van der Waals surface area (Å²) >= 11 is 6.46. The van der Waals surface area contributed by atoms with E-state index in [0.717, 1.165) is 12.8 Å². The van der Waals surface area contributed by atoms with Crippen molar-refractivity contribution < 1.29 is 4.79 Å². The molecule has 1 aromatic heterocycles. The molecular weight excluding hydrogens is 272 g/mol. The lowest BCUT2D eigenvalue weighted by Gasteiger charge is -2.36. The highest BCUT2D eigenvalue weighted by Gasteiger charge is 2.32. The summed E-state index contributed by atoms with van der Waals surface area (Å²) in [5.41, 5.74) is 0.608. The third-order valence-electron chi connectivity index (χ3n) is 4.10. The van der Waals surface area contributed by atoms with Crippen LogP contribution < -0.4 is 5.32 Å². The van der Waals surface area contributed by atoms with E-state index in [1.807, 2.05) is 0 Å². The summed E-state index contributed by atoms with van der Waals surface area (Å²) < 4.78 is 0. The average Bonchev–Trinajstić information content (AvgIpc) is 2.48. The second kappa shape index (κ2) is 7.63. The summed E-state index contributed by atoms with van der Waals surface area (Å²) in [6.07, 6.45) is 10.1. The van der Waals surface area contributed by atoms with Gasteiger partial charge in [-0.3, -0.25) is 9.78 Å². The standard InChI is InChI=1S/C16H23ClN2O/c1-2-3-6-12-7-4-9-14(17)15(12)19-16(20)13-8-5-10-18-11-13/h5,8,10-12,14-15H,2-4,6-7,9H2,1H3,(H,19,20). The molecule has 0 aliphatic heterocycles. The van der Waals surface area contributed by atoms with Gasteiger partial charge in [0.2, 0.25) is 0 Å². The van der Waals surface area contributed by atoms with Gasteiger partial charge in [-0.05, 0) is 37.3 Å². The molecule has 1 aliphatic carbocycles. The van der Waals surface area contributed by atoms with Crippen molar-refractivity contribution in [2.45, 2.75) is 56.9 Å². The number of rotatable bonds is 5. The largest absolute Gasteiger partial charge is 0.347 e. The Bertz CT molecular complexity index is 424. The maximum absolute atomic E-state index is 12.3. The lowest BCUT2D eigenvalue weighted by molar-refractivity contribution is 0.0904. The van der Waals surface area contributed by atoms with Gasteiger partial charge in [0.05, 0.1) is 10.9 Å². The van der Waals surface area contributed by atoms with Gasteiger partial charge in [-0.25, -0.2) is 0 Å². The first-order chi connectivity index (χ1) is 9.72. The van der Waals surface area contributed by atoms with Crippen LogP contribution in [0.25, 0.3) is 0 Å². The van der Waals surface area contributed by atoms with Crippen LogP contribution >= 0.6 is 11.6 Å². The molecule has 0 spiro atoms. The van der Waals surface area contributed by atoms with Gasteiger partial charge in [0, 0.05) is 18.4 Å². The first-order valence-corrected chi connectivity index (χ1v) is 8.01. The number of nitrogens with one attached hydrogen (secondary N) is 1. The maximum atomic E-state index is 12.3. The minimum Gasteiger partial charge on any atom is -0.347 e. The molecule has 1 fully saturated rings. The molecule has 1 heterocycles. The summed E-state index contributed by atoms with van der Waals surface area (Å²) in [7, 11) is 0. The fourth-order valence-corrected chi connectivity index (χ4v) is 3.38. The van der Waals surface area contributed by atoms with Crippen molar-refractivity contribution in [3.8, 4) is 0 Å². The Morgan fingerprint density at radius 1 is 1.50 bits per heavy atom. The number of nitrogens with zero attached hydrogens (tertiary/aromatic N) is 1. The van der Waals surface area contributed by atoms with Gasteiger partial charge in [-0.1, -0.05) is 26.2 Å². The molecule has 1 aliphatic rings. The molecule has 110 valence electrons. The van der Waals surface area contributed by atoms with Gasteiger partial charge in [-0.2, -0.15) is 0 Å². The topological polar surface area (TPSA) is 42.0 Å². The Morgan fingerprint density at radius 3 is 3.05 bits per heavy atom. The zero-order valence-electron chi connectivity index (χ0n) is 12.0. The van der Waals surface area contributed by atoms with Crippen LogP contribution in [0.4, 0.5) is 0 Å². The number of carbonyl (C=O) groups excluding carboxylic acids is 1. The van der Waals surface area contributed by atoms with Crippen molar-refractivity contribution in [2.75, 3.05) is 0 Å². The number of hydrogen-bond donors (Lipinski definition) is 1. The van der Waals surface area contributed by atoms with Gasteiger partial charge in [0.15, 0.2) is 0 Å². The first kappa shape index (κ1) is 15.3. The zero-order valence-corrected chi connectivity index (χ0v) is 12.8. The second-order valence-electron chi connectivity index (χ2n) is 5.59. The molecule has 3 atom stereocenters. The number of aromatic nitrogens is 1. The van der Waals surface area contributed by atoms with Crippen molar-refractivity contribution in [3.05, 3.63) is 30.1 Å². The third kappa shape index (κ3) is 3.95. The van der Waals surface area contributed by atoms with E-state index >= 15 is 0 Å². The number of halogens is 1. The van der Waals surface area contributed by atoms with Crippen LogP contribution in [0.1, 0.15) is 55.8 Å². The van der Waals surface area contributed by atoms with Gasteiger partial charge < -0.3 is 5.32 Å². The number of unbranched alkanes of at least 4 members (excludes halogenated alkanes) is 1.